The summed E-state index contributed by atoms with van der Waals surface area (Å²) in [5.41, 5.74) is 0. The summed E-state index contributed by atoms with van der Waals surface area (Å²) < 4.78 is 9.52. The maximum Gasteiger partial charge on any atom is 0.377 e. The minimum Gasteiger partial charge on any atom is -0.505 e. The zero-order valence-corrected chi connectivity index (χ0v) is 11.6. The van der Waals surface area contributed by atoms with Crippen molar-refractivity contribution >= 4 is 5.97 Å². The first-order valence-electron chi connectivity index (χ1n) is 6.70. The average Bonchev–Trinajstić information content (AvgIpc) is 2.79. The van der Waals surface area contributed by atoms with Crippen LogP contribution in [0.25, 0.3) is 0 Å². The van der Waals surface area contributed by atoms with Crippen LogP contribution >= 0.6 is 0 Å². The first kappa shape index (κ1) is 17.9. The summed E-state index contributed by atoms with van der Waals surface area (Å²) in [5, 5.41) is 76.8. The van der Waals surface area contributed by atoms with E-state index in [4.69, 9.17) is 14.9 Å². The lowest BCUT2D eigenvalue weighted by atomic mass is 9.89. The average molecular weight is 338 g/mol. The SMILES string of the molecule is O=C1O[C@H]([C@@H](O)C(O)[C@@H]2O[C@H](CO)[C@@H](O)[C@H](O)[C@H]2O)C(O)=C1O. The van der Waals surface area contributed by atoms with Crippen LogP contribution in [0.5, 0.6) is 0 Å². The molecule has 1 unspecified atom stereocenters. The fraction of sp³-hybridized carbons (Fsp3) is 0.750. The molecule has 0 aromatic carbocycles. The number of hydrogen-bond acceptors (Lipinski definition) is 11. The van der Waals surface area contributed by atoms with E-state index in [9.17, 15) is 35.4 Å². The molecule has 132 valence electrons. The molecule has 0 amide bonds. The molecule has 11 heteroatoms. The molecule has 2 aliphatic heterocycles. The Kier molecular flexibility index (Phi) is 5.10. The van der Waals surface area contributed by atoms with E-state index < -0.39 is 72.9 Å². The van der Waals surface area contributed by atoms with E-state index >= 15 is 0 Å². The van der Waals surface area contributed by atoms with E-state index in [2.05, 4.69) is 4.74 Å². The minimum absolute atomic E-state index is 0.741. The van der Waals surface area contributed by atoms with Crippen LogP contribution in [0.2, 0.25) is 0 Å². The maximum atomic E-state index is 11.1. The van der Waals surface area contributed by atoms with E-state index in [1.165, 1.54) is 0 Å². The molecule has 0 radical (unpaired) electrons. The molecule has 1 saturated heterocycles. The van der Waals surface area contributed by atoms with E-state index in [1.807, 2.05) is 0 Å². The molecule has 0 aromatic rings. The van der Waals surface area contributed by atoms with Crippen molar-refractivity contribution in [2.75, 3.05) is 6.61 Å². The van der Waals surface area contributed by atoms with Gasteiger partial charge in [-0.15, -0.1) is 0 Å². The number of hydrogen-bond donors (Lipinski definition) is 8. The lowest BCUT2D eigenvalue weighted by Gasteiger charge is -2.43. The Morgan fingerprint density at radius 1 is 1.00 bits per heavy atom. The number of carbonyl (C=O) groups excluding carboxylic acids is 1. The Bertz CT molecular complexity index is 489. The fourth-order valence-electron chi connectivity index (χ4n) is 2.48. The van der Waals surface area contributed by atoms with Crippen molar-refractivity contribution in [2.24, 2.45) is 0 Å². The van der Waals surface area contributed by atoms with Crippen LogP contribution in [0, 0.1) is 0 Å². The van der Waals surface area contributed by atoms with E-state index in [0.717, 1.165) is 0 Å². The van der Waals surface area contributed by atoms with Crippen molar-refractivity contribution in [3.05, 3.63) is 11.5 Å². The highest BCUT2D eigenvalue weighted by Crippen LogP contribution is 2.29. The largest absolute Gasteiger partial charge is 0.505 e. The van der Waals surface area contributed by atoms with Gasteiger partial charge >= 0.3 is 5.97 Å². The van der Waals surface area contributed by atoms with Crippen LogP contribution < -0.4 is 0 Å². The van der Waals surface area contributed by atoms with Crippen molar-refractivity contribution in [1.29, 1.82) is 0 Å². The summed E-state index contributed by atoms with van der Waals surface area (Å²) in [6, 6.07) is 0. The predicted octanol–water partition coefficient (Wildman–Crippen LogP) is -4.20. The smallest absolute Gasteiger partial charge is 0.377 e. The van der Waals surface area contributed by atoms with Gasteiger partial charge in [0.15, 0.2) is 11.9 Å². The van der Waals surface area contributed by atoms with Crippen molar-refractivity contribution in [3.8, 4) is 0 Å². The first-order chi connectivity index (χ1) is 10.7. The number of aliphatic hydroxyl groups is 8. The molecule has 0 spiro atoms. The van der Waals surface area contributed by atoms with Gasteiger partial charge in [0.05, 0.1) is 6.61 Å². The zero-order valence-electron chi connectivity index (χ0n) is 11.6. The van der Waals surface area contributed by atoms with Gasteiger partial charge in [-0.1, -0.05) is 0 Å². The molecule has 23 heavy (non-hydrogen) atoms. The highest BCUT2D eigenvalue weighted by Gasteiger charge is 2.51. The van der Waals surface area contributed by atoms with Gasteiger partial charge in [-0.3, -0.25) is 0 Å². The summed E-state index contributed by atoms with van der Waals surface area (Å²) in [5.74, 6) is -3.45. The van der Waals surface area contributed by atoms with Gasteiger partial charge in [-0.25, -0.2) is 4.79 Å². The van der Waals surface area contributed by atoms with Crippen LogP contribution in [0.4, 0.5) is 0 Å². The van der Waals surface area contributed by atoms with Crippen molar-refractivity contribution in [1.82, 2.24) is 0 Å². The van der Waals surface area contributed by atoms with Crippen LogP contribution in [0.3, 0.4) is 0 Å². The molecule has 0 saturated carbocycles. The van der Waals surface area contributed by atoms with Crippen LogP contribution in [0.1, 0.15) is 0 Å². The highest BCUT2D eigenvalue weighted by atomic mass is 16.6. The topological polar surface area (TPSA) is 197 Å². The van der Waals surface area contributed by atoms with E-state index in [0.29, 0.717) is 0 Å². The van der Waals surface area contributed by atoms with Crippen LogP contribution in [-0.2, 0) is 14.3 Å². The second-order valence-corrected chi connectivity index (χ2v) is 5.33. The van der Waals surface area contributed by atoms with Crippen molar-refractivity contribution < 1.29 is 55.1 Å². The normalized spacial score (nSPS) is 40.9. The number of esters is 1. The van der Waals surface area contributed by atoms with Crippen LogP contribution in [-0.4, -0.2) is 102 Å². The molecular formula is C12H18O11. The number of rotatable bonds is 4. The number of carbonyl (C=O) groups is 1. The summed E-state index contributed by atoms with van der Waals surface area (Å²) in [6.45, 7) is -0.741. The monoisotopic (exact) mass is 338 g/mol. The number of aliphatic hydroxyl groups excluding tert-OH is 8. The number of cyclic esters (lactones) is 1. The van der Waals surface area contributed by atoms with Crippen molar-refractivity contribution in [3.63, 3.8) is 0 Å². The molecule has 2 rings (SSSR count). The summed E-state index contributed by atoms with van der Waals surface area (Å²) in [4.78, 5) is 11.1. The third-order valence-corrected chi connectivity index (χ3v) is 3.87. The van der Waals surface area contributed by atoms with Gasteiger partial charge < -0.3 is 50.3 Å². The van der Waals surface area contributed by atoms with Gasteiger partial charge in [0, 0.05) is 0 Å². The van der Waals surface area contributed by atoms with Crippen LogP contribution in [0.15, 0.2) is 11.5 Å². The van der Waals surface area contributed by atoms with Gasteiger partial charge in [0.1, 0.15) is 42.7 Å². The highest BCUT2D eigenvalue weighted by molar-refractivity contribution is 5.89. The third kappa shape index (κ3) is 2.99. The molecule has 11 nitrogen and oxygen atoms in total. The zero-order chi connectivity index (χ0) is 17.5. The summed E-state index contributed by atoms with van der Waals surface area (Å²) in [7, 11) is 0. The predicted molar refractivity (Wildman–Crippen MR) is 67.9 cm³/mol. The van der Waals surface area contributed by atoms with Gasteiger partial charge in [0.2, 0.25) is 5.76 Å². The molecule has 2 heterocycles. The maximum absolute atomic E-state index is 11.1. The lowest BCUT2D eigenvalue weighted by Crippen LogP contribution is -2.64. The molecular weight excluding hydrogens is 320 g/mol. The number of ether oxygens (including phenoxy) is 2. The Morgan fingerprint density at radius 3 is 2.09 bits per heavy atom. The Balaban J connectivity index is 2.16. The van der Waals surface area contributed by atoms with Gasteiger partial charge in [-0.2, -0.15) is 0 Å². The lowest BCUT2D eigenvalue weighted by molar-refractivity contribution is -0.261. The summed E-state index contributed by atoms with van der Waals surface area (Å²) in [6.07, 6.45) is -14.1. The van der Waals surface area contributed by atoms with Gasteiger partial charge in [0.25, 0.3) is 0 Å². The second-order valence-electron chi connectivity index (χ2n) is 5.33. The molecule has 1 fully saturated rings. The molecule has 8 N–H and O–H groups in total. The van der Waals surface area contributed by atoms with E-state index in [-0.39, 0.29) is 0 Å². The second kappa shape index (κ2) is 6.57. The van der Waals surface area contributed by atoms with E-state index in [1.54, 1.807) is 0 Å². The molecule has 2 aliphatic rings. The quantitative estimate of drug-likeness (QED) is 0.231. The van der Waals surface area contributed by atoms with Crippen molar-refractivity contribution in [2.45, 2.75) is 48.8 Å². The Hall–Kier alpha value is -1.47. The molecule has 0 aromatic heterocycles. The first-order valence-corrected chi connectivity index (χ1v) is 6.70. The molecule has 0 aliphatic carbocycles. The Morgan fingerprint density at radius 2 is 1.61 bits per heavy atom. The molecule has 0 bridgehead atoms. The summed E-state index contributed by atoms with van der Waals surface area (Å²) >= 11 is 0. The minimum atomic E-state index is -2.02. The fourth-order valence-corrected chi connectivity index (χ4v) is 2.48. The third-order valence-electron chi connectivity index (χ3n) is 3.87. The van der Waals surface area contributed by atoms with Gasteiger partial charge in [-0.05, 0) is 0 Å². The molecule has 8 atom stereocenters. The standard InChI is InChI=1S/C12H18O11/c13-1-2-3(14)4(15)5(16)10(22-2)6(17)7(18)11-8(19)9(20)12(21)23-11/h2-7,10-11,13-20H,1H2/t2-,3-,4+,5-,6?,7+,10-,11-/m1/s1. The Labute approximate surface area is 129 Å².